The van der Waals surface area contributed by atoms with Crippen LogP contribution in [0.4, 0.5) is 5.69 Å². The molecular weight excluding hydrogens is 434 g/mol. The van der Waals surface area contributed by atoms with E-state index in [1.54, 1.807) is 45.8 Å². The van der Waals surface area contributed by atoms with E-state index in [4.69, 9.17) is 18.6 Å². The van der Waals surface area contributed by atoms with Crippen molar-refractivity contribution in [2.75, 3.05) is 59.0 Å². The van der Waals surface area contributed by atoms with Gasteiger partial charge >= 0.3 is 0 Å². The zero-order valence-electron chi connectivity index (χ0n) is 19.8. The van der Waals surface area contributed by atoms with E-state index in [9.17, 15) is 4.79 Å². The summed E-state index contributed by atoms with van der Waals surface area (Å²) in [5.41, 5.74) is 1.66. The Kier molecular flexibility index (Phi) is 7.59. The number of nitrogens with zero attached hydrogens (tertiary/aromatic N) is 2. The number of carbonyl (C=O) groups is 1. The third-order valence-electron chi connectivity index (χ3n) is 6.13. The number of amides is 1. The summed E-state index contributed by atoms with van der Waals surface area (Å²) in [6.07, 6.45) is 1.67. The molecule has 2 aromatic carbocycles. The number of carbonyl (C=O) groups excluding carboxylic acids is 1. The predicted octanol–water partition coefficient (Wildman–Crippen LogP) is 3.60. The fraction of sp³-hybridized carbons (Fsp3) is 0.346. The molecule has 1 amide bonds. The maximum Gasteiger partial charge on any atom is 0.251 e. The van der Waals surface area contributed by atoms with Crippen molar-refractivity contribution >= 4 is 11.6 Å². The van der Waals surface area contributed by atoms with Crippen LogP contribution in [0.15, 0.2) is 65.3 Å². The Hall–Kier alpha value is -3.65. The first-order valence-corrected chi connectivity index (χ1v) is 11.3. The number of hydrogen-bond donors (Lipinski definition) is 1. The topological polar surface area (TPSA) is 76.4 Å². The van der Waals surface area contributed by atoms with Crippen molar-refractivity contribution < 1.29 is 23.4 Å². The second kappa shape index (κ2) is 11.0. The zero-order chi connectivity index (χ0) is 23.9. The minimum absolute atomic E-state index is 0.0653. The quantitative estimate of drug-likeness (QED) is 0.517. The van der Waals surface area contributed by atoms with Gasteiger partial charge in [-0.3, -0.25) is 9.69 Å². The van der Waals surface area contributed by atoms with E-state index < -0.39 is 0 Å². The molecule has 0 bridgehead atoms. The van der Waals surface area contributed by atoms with Crippen LogP contribution in [0.25, 0.3) is 0 Å². The second-order valence-corrected chi connectivity index (χ2v) is 8.06. The van der Waals surface area contributed by atoms with Crippen LogP contribution >= 0.6 is 0 Å². The number of furan rings is 1. The summed E-state index contributed by atoms with van der Waals surface area (Å²) in [6.45, 7) is 3.88. The minimum atomic E-state index is -0.189. The van der Waals surface area contributed by atoms with Gasteiger partial charge in [0.2, 0.25) is 0 Å². The minimum Gasteiger partial charge on any atom is -0.497 e. The van der Waals surface area contributed by atoms with Crippen LogP contribution in [0.2, 0.25) is 0 Å². The van der Waals surface area contributed by atoms with E-state index in [1.165, 1.54) is 5.69 Å². The molecule has 4 rings (SSSR count). The SMILES string of the molecule is COc1ccc(N2CCN(C(CNC(=O)c3cc(OC)cc(OC)c3)c3ccco3)CC2)cc1. The van der Waals surface area contributed by atoms with Gasteiger partial charge in [-0.1, -0.05) is 0 Å². The Morgan fingerprint density at radius 3 is 2.12 bits per heavy atom. The van der Waals surface area contributed by atoms with Gasteiger partial charge in [-0.05, 0) is 48.5 Å². The summed E-state index contributed by atoms with van der Waals surface area (Å²) >= 11 is 0. The second-order valence-electron chi connectivity index (χ2n) is 8.06. The molecule has 0 radical (unpaired) electrons. The van der Waals surface area contributed by atoms with Gasteiger partial charge in [-0.25, -0.2) is 0 Å². The number of benzene rings is 2. The van der Waals surface area contributed by atoms with E-state index in [1.807, 2.05) is 24.3 Å². The molecule has 3 aromatic rings. The molecule has 1 aliphatic heterocycles. The highest BCUT2D eigenvalue weighted by Gasteiger charge is 2.27. The molecule has 8 heteroatoms. The Morgan fingerprint density at radius 1 is 0.912 bits per heavy atom. The number of ether oxygens (including phenoxy) is 3. The molecule has 0 spiro atoms. The van der Waals surface area contributed by atoms with E-state index in [0.717, 1.165) is 37.7 Å². The lowest BCUT2D eigenvalue weighted by Crippen LogP contribution is -2.49. The molecule has 0 saturated carbocycles. The number of nitrogens with one attached hydrogen (secondary N) is 1. The molecule has 8 nitrogen and oxygen atoms in total. The highest BCUT2D eigenvalue weighted by molar-refractivity contribution is 5.95. The zero-order valence-corrected chi connectivity index (χ0v) is 19.8. The molecule has 0 aliphatic carbocycles. The molecule has 180 valence electrons. The average Bonchev–Trinajstić information content (AvgIpc) is 3.43. The van der Waals surface area contributed by atoms with Gasteiger partial charge in [0.25, 0.3) is 5.91 Å². The standard InChI is InChI=1S/C26H31N3O5/c1-31-21-8-6-20(7-9-21)28-10-12-29(13-11-28)24(25-5-4-14-34-25)18-27-26(30)19-15-22(32-2)17-23(16-19)33-3/h4-9,14-17,24H,10-13,18H2,1-3H3,(H,27,30). The van der Waals surface area contributed by atoms with Crippen LogP contribution in [-0.2, 0) is 0 Å². The van der Waals surface area contributed by atoms with Crippen molar-refractivity contribution in [1.29, 1.82) is 0 Å². The van der Waals surface area contributed by atoms with Gasteiger partial charge in [-0.15, -0.1) is 0 Å². The van der Waals surface area contributed by atoms with Crippen LogP contribution in [0.1, 0.15) is 22.2 Å². The molecule has 34 heavy (non-hydrogen) atoms. The van der Waals surface area contributed by atoms with Crippen molar-refractivity contribution in [2.45, 2.75) is 6.04 Å². The van der Waals surface area contributed by atoms with Crippen molar-refractivity contribution in [3.8, 4) is 17.2 Å². The third-order valence-corrected chi connectivity index (χ3v) is 6.13. The fourth-order valence-electron chi connectivity index (χ4n) is 4.21. The summed E-state index contributed by atoms with van der Waals surface area (Å²) in [4.78, 5) is 17.6. The average molecular weight is 466 g/mol. The van der Waals surface area contributed by atoms with Crippen LogP contribution in [-0.4, -0.2) is 64.9 Å². The highest BCUT2D eigenvalue weighted by Crippen LogP contribution is 2.26. The fourth-order valence-corrected chi connectivity index (χ4v) is 4.21. The summed E-state index contributed by atoms with van der Waals surface area (Å²) < 4.78 is 21.6. The van der Waals surface area contributed by atoms with Crippen molar-refractivity contribution in [2.24, 2.45) is 0 Å². The monoisotopic (exact) mass is 465 g/mol. The van der Waals surface area contributed by atoms with E-state index in [0.29, 0.717) is 23.6 Å². The first kappa shape index (κ1) is 23.5. The molecule has 1 atom stereocenters. The lowest BCUT2D eigenvalue weighted by molar-refractivity contribution is 0.0922. The Balaban J connectivity index is 1.41. The van der Waals surface area contributed by atoms with Crippen LogP contribution in [0, 0.1) is 0 Å². The van der Waals surface area contributed by atoms with Crippen LogP contribution < -0.4 is 24.4 Å². The maximum absolute atomic E-state index is 12.9. The Bertz CT molecular complexity index is 1040. The lowest BCUT2D eigenvalue weighted by Gasteiger charge is -2.39. The molecular formula is C26H31N3O5. The number of methoxy groups -OCH3 is 3. The molecule has 1 N–H and O–H groups in total. The normalized spacial score (nSPS) is 15.0. The molecule has 1 saturated heterocycles. The van der Waals surface area contributed by atoms with Gasteiger partial charge < -0.3 is 28.8 Å². The van der Waals surface area contributed by atoms with E-state index in [2.05, 4.69) is 27.2 Å². The van der Waals surface area contributed by atoms with Gasteiger partial charge in [0.05, 0.1) is 33.6 Å². The summed E-state index contributed by atoms with van der Waals surface area (Å²) in [7, 11) is 4.80. The number of rotatable bonds is 9. The van der Waals surface area contributed by atoms with Crippen molar-refractivity contribution in [3.05, 3.63) is 72.2 Å². The van der Waals surface area contributed by atoms with Gasteiger partial charge in [-0.2, -0.15) is 0 Å². The Morgan fingerprint density at radius 2 is 1.56 bits per heavy atom. The van der Waals surface area contributed by atoms with Gasteiger partial charge in [0.15, 0.2) is 0 Å². The van der Waals surface area contributed by atoms with Crippen molar-refractivity contribution in [3.63, 3.8) is 0 Å². The molecule has 1 aromatic heterocycles. The summed E-state index contributed by atoms with van der Waals surface area (Å²) in [5, 5.41) is 3.06. The third kappa shape index (κ3) is 5.46. The number of anilines is 1. The predicted molar refractivity (Wildman–Crippen MR) is 130 cm³/mol. The highest BCUT2D eigenvalue weighted by atomic mass is 16.5. The maximum atomic E-state index is 12.9. The Labute approximate surface area is 200 Å². The molecule has 1 unspecified atom stereocenters. The number of piperazine rings is 1. The van der Waals surface area contributed by atoms with Crippen LogP contribution in [0.5, 0.6) is 17.2 Å². The first-order valence-electron chi connectivity index (χ1n) is 11.3. The summed E-state index contributed by atoms with van der Waals surface area (Å²) in [5.74, 6) is 2.64. The molecule has 1 fully saturated rings. The van der Waals surface area contributed by atoms with E-state index >= 15 is 0 Å². The van der Waals surface area contributed by atoms with Gasteiger partial charge in [0.1, 0.15) is 23.0 Å². The van der Waals surface area contributed by atoms with Gasteiger partial charge in [0, 0.05) is 50.0 Å². The first-order chi connectivity index (χ1) is 16.6. The summed E-state index contributed by atoms with van der Waals surface area (Å²) in [6, 6.07) is 17.1. The molecule has 2 heterocycles. The number of hydrogen-bond acceptors (Lipinski definition) is 7. The van der Waals surface area contributed by atoms with E-state index in [-0.39, 0.29) is 11.9 Å². The largest absolute Gasteiger partial charge is 0.497 e. The lowest BCUT2D eigenvalue weighted by atomic mass is 10.1. The van der Waals surface area contributed by atoms with Crippen LogP contribution in [0.3, 0.4) is 0 Å². The van der Waals surface area contributed by atoms with Crippen molar-refractivity contribution in [1.82, 2.24) is 10.2 Å². The smallest absolute Gasteiger partial charge is 0.251 e. The molecule has 1 aliphatic rings.